The fourth-order valence-electron chi connectivity index (χ4n) is 4.06. The van der Waals surface area contributed by atoms with Gasteiger partial charge in [0.2, 0.25) is 0 Å². The third-order valence-electron chi connectivity index (χ3n) is 5.94. The molecule has 1 aliphatic rings. The van der Waals surface area contributed by atoms with E-state index in [1.54, 1.807) is 7.11 Å². The summed E-state index contributed by atoms with van der Waals surface area (Å²) in [6.07, 6.45) is 2.00. The molecule has 2 atom stereocenters. The summed E-state index contributed by atoms with van der Waals surface area (Å²) >= 11 is 0. The summed E-state index contributed by atoms with van der Waals surface area (Å²) in [5.41, 5.74) is 2.41. The molecule has 0 aliphatic carbocycles. The number of nitrogens with one attached hydrogen (secondary N) is 2. The first-order valence-corrected chi connectivity index (χ1v) is 10.7. The van der Waals surface area contributed by atoms with E-state index in [-0.39, 0.29) is 18.0 Å². The van der Waals surface area contributed by atoms with Gasteiger partial charge in [-0.05, 0) is 43.2 Å². The highest BCUT2D eigenvalue weighted by Crippen LogP contribution is 2.20. The molecule has 1 saturated heterocycles. The SMILES string of the molecule is CCC[C@H](NC(=O)[C@H](C)[NH+]1CCN(c2ccc(OC)cc2)CC1)c1ccccc1. The van der Waals surface area contributed by atoms with Crippen molar-refractivity contribution in [1.82, 2.24) is 5.32 Å². The van der Waals surface area contributed by atoms with Crippen LogP contribution in [0, 0.1) is 0 Å². The largest absolute Gasteiger partial charge is 0.497 e. The number of piperazine rings is 1. The zero-order valence-electron chi connectivity index (χ0n) is 17.9. The van der Waals surface area contributed by atoms with Crippen LogP contribution in [0.4, 0.5) is 5.69 Å². The Bertz CT molecular complexity index is 755. The van der Waals surface area contributed by atoms with Crippen molar-refractivity contribution in [2.75, 3.05) is 38.2 Å². The molecule has 1 amide bonds. The Morgan fingerprint density at radius 1 is 1.10 bits per heavy atom. The number of amides is 1. The highest BCUT2D eigenvalue weighted by Gasteiger charge is 2.30. The predicted molar refractivity (Wildman–Crippen MR) is 118 cm³/mol. The number of nitrogens with zero attached hydrogens (tertiary/aromatic N) is 1. The van der Waals surface area contributed by atoms with E-state index in [2.05, 4.69) is 48.3 Å². The topological polar surface area (TPSA) is 46.0 Å². The number of quaternary nitrogens is 1. The van der Waals surface area contributed by atoms with Crippen LogP contribution >= 0.6 is 0 Å². The van der Waals surface area contributed by atoms with Crippen LogP contribution in [0.5, 0.6) is 5.75 Å². The van der Waals surface area contributed by atoms with Gasteiger partial charge in [0, 0.05) is 5.69 Å². The summed E-state index contributed by atoms with van der Waals surface area (Å²) in [6, 6.07) is 18.6. The molecule has 0 unspecified atom stereocenters. The van der Waals surface area contributed by atoms with E-state index in [4.69, 9.17) is 4.74 Å². The van der Waals surface area contributed by atoms with Crippen LogP contribution in [0.1, 0.15) is 38.3 Å². The maximum Gasteiger partial charge on any atom is 0.278 e. The molecule has 1 aliphatic heterocycles. The lowest BCUT2D eigenvalue weighted by atomic mass is 10.0. The fourth-order valence-corrected chi connectivity index (χ4v) is 4.06. The van der Waals surface area contributed by atoms with Gasteiger partial charge < -0.3 is 19.9 Å². The Kier molecular flexibility index (Phi) is 7.53. The molecule has 0 spiro atoms. The average Bonchev–Trinajstić information content (AvgIpc) is 2.79. The molecule has 29 heavy (non-hydrogen) atoms. The predicted octanol–water partition coefficient (Wildman–Crippen LogP) is 2.45. The summed E-state index contributed by atoms with van der Waals surface area (Å²) in [5.74, 6) is 1.03. The molecule has 2 aromatic rings. The molecule has 5 heteroatoms. The van der Waals surface area contributed by atoms with E-state index < -0.39 is 0 Å². The Morgan fingerprint density at radius 3 is 2.34 bits per heavy atom. The number of methoxy groups -OCH3 is 1. The minimum atomic E-state index is -0.0453. The zero-order valence-corrected chi connectivity index (χ0v) is 17.9. The number of rotatable bonds is 8. The Balaban J connectivity index is 1.54. The molecule has 2 N–H and O–H groups in total. The monoisotopic (exact) mass is 396 g/mol. The van der Waals surface area contributed by atoms with Crippen molar-refractivity contribution in [2.45, 2.75) is 38.8 Å². The van der Waals surface area contributed by atoms with Crippen molar-refractivity contribution in [1.29, 1.82) is 0 Å². The Hall–Kier alpha value is -2.53. The van der Waals surface area contributed by atoms with Crippen molar-refractivity contribution in [3.63, 3.8) is 0 Å². The van der Waals surface area contributed by atoms with Gasteiger partial charge in [-0.15, -0.1) is 0 Å². The van der Waals surface area contributed by atoms with Crippen LogP contribution in [0.15, 0.2) is 54.6 Å². The highest BCUT2D eigenvalue weighted by molar-refractivity contribution is 5.80. The summed E-state index contributed by atoms with van der Waals surface area (Å²) < 4.78 is 5.25. The normalized spacial score (nSPS) is 16.9. The standard InChI is InChI=1S/C24H33N3O2/c1-4-8-23(20-9-6-5-7-10-20)25-24(28)19(2)26-15-17-27(18-16-26)21-11-13-22(29-3)14-12-21/h5-7,9-14,19,23H,4,8,15-18H2,1-3H3,(H,25,28)/p+1/t19-,23-/m0/s1. The molecule has 1 fully saturated rings. The molecule has 5 nitrogen and oxygen atoms in total. The lowest BCUT2D eigenvalue weighted by Gasteiger charge is -2.36. The third-order valence-corrected chi connectivity index (χ3v) is 5.94. The van der Waals surface area contributed by atoms with Crippen molar-refractivity contribution in [3.05, 3.63) is 60.2 Å². The van der Waals surface area contributed by atoms with Crippen LogP contribution in [-0.4, -0.2) is 45.2 Å². The van der Waals surface area contributed by atoms with E-state index >= 15 is 0 Å². The van der Waals surface area contributed by atoms with Crippen LogP contribution in [-0.2, 0) is 4.79 Å². The van der Waals surface area contributed by atoms with Crippen LogP contribution < -0.4 is 19.9 Å². The fraction of sp³-hybridized carbons (Fsp3) is 0.458. The smallest absolute Gasteiger partial charge is 0.278 e. The first kappa shape index (κ1) is 21.2. The second kappa shape index (κ2) is 10.3. The minimum Gasteiger partial charge on any atom is -0.497 e. The maximum atomic E-state index is 13.0. The van der Waals surface area contributed by atoms with Crippen molar-refractivity contribution in [3.8, 4) is 5.75 Å². The molecule has 0 aromatic heterocycles. The van der Waals surface area contributed by atoms with E-state index in [9.17, 15) is 4.79 Å². The second-order valence-electron chi connectivity index (χ2n) is 7.83. The molecule has 2 aromatic carbocycles. The van der Waals surface area contributed by atoms with Gasteiger partial charge in [-0.25, -0.2) is 0 Å². The van der Waals surface area contributed by atoms with Crippen LogP contribution in [0.25, 0.3) is 0 Å². The number of hydrogen-bond acceptors (Lipinski definition) is 3. The van der Waals surface area contributed by atoms with Gasteiger partial charge in [0.1, 0.15) is 5.75 Å². The number of ether oxygens (including phenoxy) is 1. The summed E-state index contributed by atoms with van der Waals surface area (Å²) in [6.45, 7) is 8.05. The quantitative estimate of drug-likeness (QED) is 0.721. The third kappa shape index (κ3) is 5.51. The number of anilines is 1. The summed E-state index contributed by atoms with van der Waals surface area (Å²) in [4.78, 5) is 16.7. The Labute approximate surface area is 174 Å². The summed E-state index contributed by atoms with van der Waals surface area (Å²) in [5, 5.41) is 3.30. The molecule has 1 heterocycles. The minimum absolute atomic E-state index is 0.0453. The molecule has 0 saturated carbocycles. The van der Waals surface area contributed by atoms with E-state index in [1.165, 1.54) is 16.2 Å². The van der Waals surface area contributed by atoms with Crippen molar-refractivity contribution >= 4 is 11.6 Å². The van der Waals surface area contributed by atoms with Crippen molar-refractivity contribution < 1.29 is 14.4 Å². The maximum absolute atomic E-state index is 13.0. The number of carbonyl (C=O) groups is 1. The van der Waals surface area contributed by atoms with Crippen LogP contribution in [0.3, 0.4) is 0 Å². The lowest BCUT2D eigenvalue weighted by Crippen LogP contribution is -3.19. The van der Waals surface area contributed by atoms with Gasteiger partial charge in [-0.2, -0.15) is 0 Å². The van der Waals surface area contributed by atoms with Gasteiger partial charge in [0.05, 0.1) is 39.3 Å². The van der Waals surface area contributed by atoms with Gasteiger partial charge in [-0.1, -0.05) is 43.7 Å². The first-order chi connectivity index (χ1) is 14.1. The molecule has 0 radical (unpaired) electrons. The van der Waals surface area contributed by atoms with Gasteiger partial charge in [0.15, 0.2) is 6.04 Å². The molecular formula is C24H34N3O2+. The van der Waals surface area contributed by atoms with Gasteiger partial charge in [0.25, 0.3) is 5.91 Å². The molecule has 156 valence electrons. The number of carbonyl (C=O) groups excluding carboxylic acids is 1. The van der Waals surface area contributed by atoms with Crippen molar-refractivity contribution in [2.24, 2.45) is 0 Å². The lowest BCUT2D eigenvalue weighted by molar-refractivity contribution is -0.914. The van der Waals surface area contributed by atoms with Gasteiger partial charge in [-0.3, -0.25) is 4.79 Å². The highest BCUT2D eigenvalue weighted by atomic mass is 16.5. The zero-order chi connectivity index (χ0) is 20.6. The van der Waals surface area contributed by atoms with E-state index in [0.717, 1.165) is 44.8 Å². The Morgan fingerprint density at radius 2 is 1.76 bits per heavy atom. The molecule has 3 rings (SSSR count). The molecule has 0 bridgehead atoms. The molecular weight excluding hydrogens is 362 g/mol. The van der Waals surface area contributed by atoms with E-state index in [0.29, 0.717) is 0 Å². The van der Waals surface area contributed by atoms with E-state index in [1.807, 2.05) is 30.3 Å². The average molecular weight is 397 g/mol. The second-order valence-corrected chi connectivity index (χ2v) is 7.83. The first-order valence-electron chi connectivity index (χ1n) is 10.7. The van der Waals surface area contributed by atoms with Gasteiger partial charge >= 0.3 is 0 Å². The van der Waals surface area contributed by atoms with Crippen LogP contribution in [0.2, 0.25) is 0 Å². The number of benzene rings is 2. The summed E-state index contributed by atoms with van der Waals surface area (Å²) in [7, 11) is 1.69. The number of hydrogen-bond donors (Lipinski definition) is 2.